The van der Waals surface area contributed by atoms with E-state index in [1.165, 1.54) is 27.3 Å². The van der Waals surface area contributed by atoms with E-state index < -0.39 is 0 Å². The Balaban J connectivity index is 2.49. The SMILES string of the molecule is COC(=O)c1cc(C)c2sc3ccccc3c2c1C. The second-order valence-corrected chi connectivity index (χ2v) is 5.71. The van der Waals surface area contributed by atoms with Crippen LogP contribution >= 0.6 is 11.3 Å². The number of ether oxygens (including phenoxy) is 1. The Morgan fingerprint density at radius 2 is 1.95 bits per heavy atom. The average Bonchev–Trinajstić information content (AvgIpc) is 2.82. The summed E-state index contributed by atoms with van der Waals surface area (Å²) in [5.74, 6) is -0.266. The monoisotopic (exact) mass is 270 g/mol. The third kappa shape index (κ3) is 1.73. The highest BCUT2D eigenvalue weighted by Crippen LogP contribution is 2.38. The zero-order valence-corrected chi connectivity index (χ0v) is 11.9. The van der Waals surface area contributed by atoms with Gasteiger partial charge in [0, 0.05) is 20.2 Å². The number of rotatable bonds is 1. The number of fused-ring (bicyclic) bond motifs is 3. The Kier molecular flexibility index (Phi) is 2.79. The van der Waals surface area contributed by atoms with E-state index in [1.807, 2.05) is 32.0 Å². The molecule has 3 aromatic rings. The Labute approximate surface area is 115 Å². The van der Waals surface area contributed by atoms with E-state index in [4.69, 9.17) is 4.74 Å². The van der Waals surface area contributed by atoms with E-state index in [9.17, 15) is 4.79 Å². The molecule has 1 aromatic heterocycles. The molecule has 0 atom stereocenters. The van der Waals surface area contributed by atoms with Crippen LogP contribution in [0.5, 0.6) is 0 Å². The van der Waals surface area contributed by atoms with E-state index >= 15 is 0 Å². The van der Waals surface area contributed by atoms with Gasteiger partial charge in [-0.2, -0.15) is 0 Å². The third-order valence-corrected chi connectivity index (χ3v) is 4.80. The van der Waals surface area contributed by atoms with Crippen molar-refractivity contribution < 1.29 is 9.53 Å². The van der Waals surface area contributed by atoms with Gasteiger partial charge < -0.3 is 4.74 Å². The molecule has 19 heavy (non-hydrogen) atoms. The molecule has 0 aliphatic carbocycles. The van der Waals surface area contributed by atoms with Gasteiger partial charge in [-0.05, 0) is 37.1 Å². The van der Waals surface area contributed by atoms with Crippen molar-refractivity contribution >= 4 is 37.5 Å². The molecule has 0 spiro atoms. The fraction of sp³-hybridized carbons (Fsp3) is 0.188. The lowest BCUT2D eigenvalue weighted by molar-refractivity contribution is 0.0600. The van der Waals surface area contributed by atoms with Crippen LogP contribution in [0.1, 0.15) is 21.5 Å². The van der Waals surface area contributed by atoms with Crippen LogP contribution in [0, 0.1) is 13.8 Å². The minimum atomic E-state index is -0.266. The summed E-state index contributed by atoms with van der Waals surface area (Å²) in [5.41, 5.74) is 2.79. The molecule has 0 N–H and O–H groups in total. The van der Waals surface area contributed by atoms with Gasteiger partial charge >= 0.3 is 5.97 Å². The first-order valence-corrected chi connectivity index (χ1v) is 6.95. The predicted molar refractivity (Wildman–Crippen MR) is 80.1 cm³/mol. The van der Waals surface area contributed by atoms with Crippen molar-refractivity contribution in [3.63, 3.8) is 0 Å². The van der Waals surface area contributed by atoms with Crippen molar-refractivity contribution in [2.24, 2.45) is 0 Å². The molecule has 3 rings (SSSR count). The highest BCUT2D eigenvalue weighted by molar-refractivity contribution is 7.26. The van der Waals surface area contributed by atoms with Crippen LogP contribution < -0.4 is 0 Å². The summed E-state index contributed by atoms with van der Waals surface area (Å²) < 4.78 is 7.39. The molecular formula is C16H14O2S. The molecule has 0 aliphatic rings. The molecular weight excluding hydrogens is 256 g/mol. The molecule has 0 saturated carbocycles. The molecule has 0 aliphatic heterocycles. The van der Waals surface area contributed by atoms with Gasteiger partial charge in [0.1, 0.15) is 0 Å². The Hall–Kier alpha value is -1.87. The lowest BCUT2D eigenvalue weighted by Gasteiger charge is -2.08. The Morgan fingerprint density at radius 1 is 1.21 bits per heavy atom. The maximum atomic E-state index is 11.9. The number of thiophene rings is 1. The minimum Gasteiger partial charge on any atom is -0.465 e. The van der Waals surface area contributed by atoms with E-state index in [1.54, 1.807) is 11.3 Å². The molecule has 0 fully saturated rings. The van der Waals surface area contributed by atoms with Crippen LogP contribution in [0.15, 0.2) is 30.3 Å². The maximum absolute atomic E-state index is 11.9. The third-order valence-electron chi connectivity index (χ3n) is 3.50. The molecule has 96 valence electrons. The Morgan fingerprint density at radius 3 is 2.68 bits per heavy atom. The standard InChI is InChI=1S/C16H14O2S/c1-9-8-12(16(17)18-3)10(2)14-11-6-4-5-7-13(11)19-15(9)14/h4-8H,1-3H3. The van der Waals surface area contributed by atoms with Gasteiger partial charge in [-0.3, -0.25) is 0 Å². The maximum Gasteiger partial charge on any atom is 0.338 e. The molecule has 1 heterocycles. The van der Waals surface area contributed by atoms with Crippen molar-refractivity contribution in [1.29, 1.82) is 0 Å². The van der Waals surface area contributed by atoms with Gasteiger partial charge in [0.2, 0.25) is 0 Å². The highest BCUT2D eigenvalue weighted by atomic mass is 32.1. The first kappa shape index (κ1) is 12.2. The number of carbonyl (C=O) groups is 1. The summed E-state index contributed by atoms with van der Waals surface area (Å²) in [5, 5.41) is 2.40. The largest absolute Gasteiger partial charge is 0.465 e. The van der Waals surface area contributed by atoms with E-state index in [-0.39, 0.29) is 5.97 Å². The van der Waals surface area contributed by atoms with Crippen molar-refractivity contribution in [1.82, 2.24) is 0 Å². The summed E-state index contributed by atoms with van der Waals surface area (Å²) in [6, 6.07) is 10.2. The number of hydrogen-bond donors (Lipinski definition) is 0. The zero-order chi connectivity index (χ0) is 13.6. The zero-order valence-electron chi connectivity index (χ0n) is 11.1. The average molecular weight is 270 g/mol. The molecule has 0 saturated heterocycles. The lowest BCUT2D eigenvalue weighted by atomic mass is 9.99. The second kappa shape index (κ2) is 4.35. The predicted octanol–water partition coefficient (Wildman–Crippen LogP) is 4.46. The Bertz CT molecular complexity index is 799. The fourth-order valence-corrected chi connectivity index (χ4v) is 3.77. The molecule has 2 aromatic carbocycles. The van der Waals surface area contributed by atoms with Gasteiger partial charge in [-0.1, -0.05) is 18.2 Å². The number of methoxy groups -OCH3 is 1. The van der Waals surface area contributed by atoms with Crippen LogP contribution in [0.3, 0.4) is 0 Å². The number of esters is 1. The summed E-state index contributed by atoms with van der Waals surface area (Å²) in [4.78, 5) is 11.9. The summed E-state index contributed by atoms with van der Waals surface area (Å²) in [7, 11) is 1.42. The lowest BCUT2D eigenvalue weighted by Crippen LogP contribution is -2.04. The smallest absolute Gasteiger partial charge is 0.338 e. The molecule has 0 amide bonds. The van der Waals surface area contributed by atoms with Gasteiger partial charge in [-0.25, -0.2) is 4.79 Å². The van der Waals surface area contributed by atoms with Crippen LogP contribution in [0.2, 0.25) is 0 Å². The summed E-state index contributed by atoms with van der Waals surface area (Å²) >= 11 is 1.78. The van der Waals surface area contributed by atoms with Gasteiger partial charge in [0.25, 0.3) is 0 Å². The van der Waals surface area contributed by atoms with Crippen molar-refractivity contribution in [3.05, 3.63) is 47.0 Å². The number of benzene rings is 2. The summed E-state index contributed by atoms with van der Waals surface area (Å²) in [6.07, 6.45) is 0. The van der Waals surface area contributed by atoms with Crippen LogP contribution in [0.4, 0.5) is 0 Å². The van der Waals surface area contributed by atoms with E-state index in [0.29, 0.717) is 5.56 Å². The molecule has 3 heteroatoms. The van der Waals surface area contributed by atoms with Crippen molar-refractivity contribution in [2.75, 3.05) is 7.11 Å². The molecule has 2 nitrogen and oxygen atoms in total. The van der Waals surface area contributed by atoms with E-state index in [2.05, 4.69) is 12.1 Å². The molecule has 0 bridgehead atoms. The number of carbonyl (C=O) groups excluding carboxylic acids is 1. The first-order chi connectivity index (χ1) is 9.13. The first-order valence-electron chi connectivity index (χ1n) is 6.13. The summed E-state index contributed by atoms with van der Waals surface area (Å²) in [6.45, 7) is 4.04. The van der Waals surface area contributed by atoms with Gasteiger partial charge in [0.05, 0.1) is 12.7 Å². The highest BCUT2D eigenvalue weighted by Gasteiger charge is 2.17. The van der Waals surface area contributed by atoms with Gasteiger partial charge in [0.15, 0.2) is 0 Å². The van der Waals surface area contributed by atoms with Crippen molar-refractivity contribution in [3.8, 4) is 0 Å². The minimum absolute atomic E-state index is 0.266. The number of aryl methyl sites for hydroxylation is 2. The fourth-order valence-electron chi connectivity index (χ4n) is 2.54. The second-order valence-electron chi connectivity index (χ2n) is 4.66. The van der Waals surface area contributed by atoms with Crippen LogP contribution in [0.25, 0.3) is 20.2 Å². The molecule has 0 unspecified atom stereocenters. The van der Waals surface area contributed by atoms with Gasteiger partial charge in [-0.15, -0.1) is 11.3 Å². The van der Waals surface area contributed by atoms with Crippen LogP contribution in [-0.2, 0) is 4.74 Å². The molecule has 0 radical (unpaired) electrons. The normalized spacial score (nSPS) is 11.1. The quantitative estimate of drug-likeness (QED) is 0.610. The van der Waals surface area contributed by atoms with Crippen molar-refractivity contribution in [2.45, 2.75) is 13.8 Å². The van der Waals surface area contributed by atoms with E-state index in [0.717, 1.165) is 11.1 Å². The number of hydrogen-bond acceptors (Lipinski definition) is 3. The topological polar surface area (TPSA) is 26.3 Å². The van der Waals surface area contributed by atoms with Crippen LogP contribution in [-0.4, -0.2) is 13.1 Å².